The van der Waals surface area contributed by atoms with Gasteiger partial charge in [0.05, 0.1) is 6.20 Å². The lowest BCUT2D eigenvalue weighted by molar-refractivity contribution is 0.503. The zero-order valence-electron chi connectivity index (χ0n) is 4.72. The molecule has 1 aromatic rings. The zero-order valence-corrected chi connectivity index (χ0v) is 5.54. The lowest BCUT2D eigenvalue weighted by atomic mass is 11.0. The van der Waals surface area contributed by atoms with Gasteiger partial charge in [0.2, 0.25) is 0 Å². The molecule has 10 heavy (non-hydrogen) atoms. The van der Waals surface area contributed by atoms with Crippen LogP contribution in [-0.4, -0.2) is 12.4 Å². The number of nitrogens with two attached hydrogens (primary N) is 1. The average Bonchev–Trinajstić information content (AvgIpc) is 2.11. The smallest absolute Gasteiger partial charge is 0.416 e. The Morgan fingerprint density at radius 2 is 2.20 bits per heavy atom. The van der Waals surface area contributed by atoms with Crippen LogP contribution in [0.25, 0.3) is 0 Å². The van der Waals surface area contributed by atoms with Crippen LogP contribution in [0, 0.1) is 0 Å². The predicted octanol–water partition coefficient (Wildman–Crippen LogP) is -1.51. The van der Waals surface area contributed by atoms with Gasteiger partial charge in [-0.25, -0.2) is 9.93 Å². The van der Waals surface area contributed by atoms with Crippen molar-refractivity contribution in [3.05, 3.63) is 23.0 Å². The Balaban J connectivity index is 3.47. The second-order valence-corrected chi connectivity index (χ2v) is 2.93. The molecule has 1 heterocycles. The summed E-state index contributed by atoms with van der Waals surface area (Å²) in [6.07, 6.45) is 1.87. The first-order valence-electron chi connectivity index (χ1n) is 2.21. The van der Waals surface area contributed by atoms with Gasteiger partial charge in [-0.15, -0.1) is 0 Å². The Morgan fingerprint density at radius 3 is 2.40 bits per heavy atom. The summed E-state index contributed by atoms with van der Waals surface area (Å²) in [5, 5.41) is 4.58. The molecule has 0 atom stereocenters. The zero-order chi connectivity index (χ0) is 7.78. The second kappa shape index (κ2) is 1.96. The van der Waals surface area contributed by atoms with Crippen molar-refractivity contribution in [2.24, 2.45) is 5.14 Å². The molecular formula is C3H4N2O4S. The summed E-state index contributed by atoms with van der Waals surface area (Å²) >= 11 is 0. The van der Waals surface area contributed by atoms with E-state index in [0.717, 1.165) is 12.5 Å². The minimum atomic E-state index is -3.98. The maximum absolute atomic E-state index is 10.4. The molecule has 0 aliphatic carbocycles. The van der Waals surface area contributed by atoms with Gasteiger partial charge in [-0.1, -0.05) is 0 Å². The summed E-state index contributed by atoms with van der Waals surface area (Å²) < 4.78 is 25.2. The fourth-order valence-electron chi connectivity index (χ4n) is 0.445. The van der Waals surface area contributed by atoms with E-state index in [1.165, 1.54) is 0 Å². The molecule has 0 fully saturated rings. The van der Waals surface area contributed by atoms with Crippen LogP contribution in [0.4, 0.5) is 0 Å². The average molecular weight is 164 g/mol. The molecule has 1 aromatic heterocycles. The van der Waals surface area contributed by atoms with Gasteiger partial charge < -0.3 is 4.42 Å². The molecule has 2 N–H and O–H groups in total. The van der Waals surface area contributed by atoms with E-state index in [1.807, 2.05) is 0 Å². The van der Waals surface area contributed by atoms with Gasteiger partial charge in [0.25, 0.3) is 0 Å². The van der Waals surface area contributed by atoms with Crippen molar-refractivity contribution >= 4 is 10.2 Å². The van der Waals surface area contributed by atoms with Gasteiger partial charge >= 0.3 is 16.0 Å². The second-order valence-electron chi connectivity index (χ2n) is 1.51. The van der Waals surface area contributed by atoms with Crippen molar-refractivity contribution in [1.82, 2.24) is 3.97 Å². The quantitative estimate of drug-likeness (QED) is 0.546. The standard InChI is InChI=1S/C3H4N2O4S/c4-10(7,8)5-1-2-9-3(5)6/h1-2H,(H2,4,7,8). The third-order valence-corrected chi connectivity index (χ3v) is 1.64. The first kappa shape index (κ1) is 7.03. The number of hydrogen-bond acceptors (Lipinski definition) is 4. The Kier molecular flexibility index (Phi) is 1.38. The van der Waals surface area contributed by atoms with E-state index in [1.54, 1.807) is 0 Å². The molecule has 0 bridgehead atoms. The lowest BCUT2D eigenvalue weighted by Crippen LogP contribution is -2.29. The van der Waals surface area contributed by atoms with Gasteiger partial charge in [-0.2, -0.15) is 12.4 Å². The van der Waals surface area contributed by atoms with Crippen LogP contribution in [0.1, 0.15) is 0 Å². The monoisotopic (exact) mass is 164 g/mol. The highest BCUT2D eigenvalue weighted by atomic mass is 32.2. The van der Waals surface area contributed by atoms with E-state index < -0.39 is 16.0 Å². The molecule has 0 aromatic carbocycles. The highest BCUT2D eigenvalue weighted by Crippen LogP contribution is 1.83. The predicted molar refractivity (Wildman–Crippen MR) is 31.5 cm³/mol. The fraction of sp³-hybridized carbons (Fsp3) is 0. The molecule has 0 saturated heterocycles. The number of rotatable bonds is 1. The van der Waals surface area contributed by atoms with Gasteiger partial charge in [0, 0.05) is 0 Å². The first-order valence-corrected chi connectivity index (χ1v) is 3.71. The Hall–Kier alpha value is -1.08. The molecule has 56 valence electrons. The third kappa shape index (κ3) is 1.09. The maximum atomic E-state index is 10.4. The van der Waals surface area contributed by atoms with Crippen molar-refractivity contribution in [3.8, 4) is 0 Å². The molecule has 0 aliphatic rings. The van der Waals surface area contributed by atoms with Crippen LogP contribution in [-0.2, 0) is 10.2 Å². The van der Waals surface area contributed by atoms with Crippen LogP contribution in [0.2, 0.25) is 0 Å². The highest BCUT2D eigenvalue weighted by molar-refractivity contribution is 7.87. The van der Waals surface area contributed by atoms with E-state index in [0.29, 0.717) is 3.97 Å². The Morgan fingerprint density at radius 1 is 1.60 bits per heavy atom. The SMILES string of the molecule is NS(=O)(=O)n1ccoc1=O. The fourth-order valence-corrected chi connectivity index (χ4v) is 0.916. The van der Waals surface area contributed by atoms with Gasteiger partial charge in [-0.3, -0.25) is 0 Å². The van der Waals surface area contributed by atoms with Gasteiger partial charge in [0.15, 0.2) is 0 Å². The van der Waals surface area contributed by atoms with Crippen molar-refractivity contribution in [3.63, 3.8) is 0 Å². The van der Waals surface area contributed by atoms with Crippen molar-refractivity contribution < 1.29 is 12.8 Å². The van der Waals surface area contributed by atoms with Crippen LogP contribution in [0.5, 0.6) is 0 Å². The van der Waals surface area contributed by atoms with Crippen LogP contribution < -0.4 is 10.9 Å². The molecule has 7 heteroatoms. The molecule has 0 radical (unpaired) electrons. The lowest BCUT2D eigenvalue weighted by Gasteiger charge is -1.90. The molecule has 0 saturated carbocycles. The van der Waals surface area contributed by atoms with E-state index in [-0.39, 0.29) is 0 Å². The Labute approximate surface area is 56.1 Å². The molecule has 0 aliphatic heterocycles. The van der Waals surface area contributed by atoms with Gasteiger partial charge in [0.1, 0.15) is 6.26 Å². The van der Waals surface area contributed by atoms with E-state index in [4.69, 9.17) is 0 Å². The van der Waals surface area contributed by atoms with Crippen LogP contribution in [0.15, 0.2) is 21.7 Å². The van der Waals surface area contributed by atoms with Crippen molar-refractivity contribution in [2.75, 3.05) is 0 Å². The van der Waals surface area contributed by atoms with Crippen LogP contribution >= 0.6 is 0 Å². The topological polar surface area (TPSA) is 95.3 Å². The number of aromatic nitrogens is 1. The van der Waals surface area contributed by atoms with Crippen molar-refractivity contribution in [2.45, 2.75) is 0 Å². The van der Waals surface area contributed by atoms with E-state index in [9.17, 15) is 13.2 Å². The minimum absolute atomic E-state index is 0.299. The molecule has 0 unspecified atom stereocenters. The number of hydrogen-bond donors (Lipinski definition) is 1. The molecular weight excluding hydrogens is 160 g/mol. The first-order chi connectivity index (χ1) is 4.52. The third-order valence-electron chi connectivity index (χ3n) is 0.819. The molecule has 1 rings (SSSR count). The molecule has 6 nitrogen and oxygen atoms in total. The van der Waals surface area contributed by atoms with Crippen molar-refractivity contribution in [1.29, 1.82) is 0 Å². The summed E-state index contributed by atoms with van der Waals surface area (Å²) in [6, 6.07) is 0. The summed E-state index contributed by atoms with van der Waals surface area (Å²) in [6.45, 7) is 0. The van der Waals surface area contributed by atoms with E-state index in [2.05, 4.69) is 9.56 Å². The maximum Gasteiger partial charge on any atom is 0.433 e. The van der Waals surface area contributed by atoms with Crippen LogP contribution in [0.3, 0.4) is 0 Å². The normalized spacial score (nSPS) is 11.7. The van der Waals surface area contributed by atoms with Gasteiger partial charge in [-0.05, 0) is 0 Å². The summed E-state index contributed by atoms with van der Waals surface area (Å²) in [5.41, 5.74) is 0. The summed E-state index contributed by atoms with van der Waals surface area (Å²) in [5.74, 6) is -1.01. The number of nitrogens with zero attached hydrogens (tertiary/aromatic N) is 1. The summed E-state index contributed by atoms with van der Waals surface area (Å²) in [4.78, 5) is 10.4. The largest absolute Gasteiger partial charge is 0.433 e. The minimum Gasteiger partial charge on any atom is -0.416 e. The molecule has 0 amide bonds. The van der Waals surface area contributed by atoms with E-state index >= 15 is 0 Å². The summed E-state index contributed by atoms with van der Waals surface area (Å²) in [7, 11) is -3.98. The number of oxazole rings is 1. The Bertz CT molecular complexity index is 371. The highest BCUT2D eigenvalue weighted by Gasteiger charge is 2.08. The molecule has 0 spiro atoms.